The second-order valence-electron chi connectivity index (χ2n) is 4.24. The second-order valence-corrected chi connectivity index (χ2v) is 4.24. The van der Waals surface area contributed by atoms with Crippen LogP contribution in [0.1, 0.15) is 32.2 Å². The van der Waals surface area contributed by atoms with E-state index in [4.69, 9.17) is 9.52 Å². The van der Waals surface area contributed by atoms with Crippen molar-refractivity contribution in [1.82, 2.24) is 0 Å². The lowest BCUT2D eigenvalue weighted by Crippen LogP contribution is -2.12. The topological polar surface area (TPSA) is 79.5 Å². The quantitative estimate of drug-likeness (QED) is 0.888. The van der Waals surface area contributed by atoms with Crippen LogP contribution >= 0.6 is 0 Å². The molecule has 19 heavy (non-hydrogen) atoms. The van der Waals surface area contributed by atoms with E-state index in [-0.39, 0.29) is 11.5 Å². The maximum Gasteiger partial charge on any atom is 0.371 e. The zero-order valence-electron chi connectivity index (χ0n) is 10.6. The molecule has 0 spiro atoms. The first-order valence-corrected chi connectivity index (χ1v) is 5.69. The fourth-order valence-corrected chi connectivity index (χ4v) is 1.63. The summed E-state index contributed by atoms with van der Waals surface area (Å²) in [7, 11) is 0. The third-order valence-electron chi connectivity index (χ3n) is 2.68. The van der Waals surface area contributed by atoms with E-state index in [1.807, 2.05) is 32.0 Å². The van der Waals surface area contributed by atoms with Crippen molar-refractivity contribution in [3.8, 4) is 0 Å². The summed E-state index contributed by atoms with van der Waals surface area (Å²) < 4.78 is 4.94. The number of aromatic carboxylic acids is 1. The van der Waals surface area contributed by atoms with E-state index in [1.54, 1.807) is 0 Å². The van der Waals surface area contributed by atoms with Gasteiger partial charge in [-0.05, 0) is 43.2 Å². The molecule has 0 saturated carbocycles. The highest BCUT2D eigenvalue weighted by molar-refractivity contribution is 6.03. The average molecular weight is 259 g/mol. The van der Waals surface area contributed by atoms with Gasteiger partial charge in [-0.25, -0.2) is 4.79 Å². The highest BCUT2D eigenvalue weighted by atomic mass is 16.4. The molecular formula is C14H13NO4. The lowest BCUT2D eigenvalue weighted by atomic mass is 10.1. The van der Waals surface area contributed by atoms with E-state index in [0.29, 0.717) is 5.69 Å². The van der Waals surface area contributed by atoms with Gasteiger partial charge in [0.25, 0.3) is 5.91 Å². The Morgan fingerprint density at radius 2 is 1.79 bits per heavy atom. The molecule has 0 aliphatic rings. The summed E-state index contributed by atoms with van der Waals surface area (Å²) >= 11 is 0. The number of furan rings is 1. The maximum absolute atomic E-state index is 11.9. The molecule has 1 aromatic heterocycles. The number of carbonyl (C=O) groups excluding carboxylic acids is 1. The van der Waals surface area contributed by atoms with Gasteiger partial charge in [0.15, 0.2) is 5.76 Å². The van der Waals surface area contributed by atoms with Crippen LogP contribution in [0, 0.1) is 13.8 Å². The van der Waals surface area contributed by atoms with Gasteiger partial charge in [-0.3, -0.25) is 4.79 Å². The minimum absolute atomic E-state index is 0.0293. The molecular weight excluding hydrogens is 246 g/mol. The molecule has 0 saturated heterocycles. The van der Waals surface area contributed by atoms with Crippen LogP contribution in [-0.4, -0.2) is 17.0 Å². The Bertz CT molecular complexity index is 643. The number of benzene rings is 1. The molecule has 0 unspecified atom stereocenters. The number of rotatable bonds is 3. The molecule has 98 valence electrons. The summed E-state index contributed by atoms with van der Waals surface area (Å²) in [5.41, 5.74) is 2.62. The molecule has 1 heterocycles. The van der Waals surface area contributed by atoms with E-state index in [0.717, 1.165) is 11.1 Å². The molecule has 5 nitrogen and oxygen atoms in total. The van der Waals surface area contributed by atoms with Gasteiger partial charge in [0.1, 0.15) is 0 Å². The molecule has 0 radical (unpaired) electrons. The van der Waals surface area contributed by atoms with Crippen molar-refractivity contribution in [2.75, 3.05) is 5.32 Å². The van der Waals surface area contributed by atoms with Crippen molar-refractivity contribution >= 4 is 17.6 Å². The Morgan fingerprint density at radius 1 is 1.11 bits per heavy atom. The van der Waals surface area contributed by atoms with Gasteiger partial charge in [-0.2, -0.15) is 0 Å². The molecule has 2 aromatic rings. The maximum atomic E-state index is 11.9. The van der Waals surface area contributed by atoms with Crippen LogP contribution < -0.4 is 5.32 Å². The number of amides is 1. The van der Waals surface area contributed by atoms with Crippen LogP contribution in [0.25, 0.3) is 0 Å². The first-order chi connectivity index (χ1) is 8.97. The number of hydrogen-bond donors (Lipinski definition) is 2. The zero-order chi connectivity index (χ0) is 14.0. The van der Waals surface area contributed by atoms with Crippen molar-refractivity contribution < 1.29 is 19.1 Å². The Kier molecular flexibility index (Phi) is 3.37. The first kappa shape index (κ1) is 12.9. The second kappa shape index (κ2) is 4.97. The van der Waals surface area contributed by atoms with Crippen molar-refractivity contribution in [2.45, 2.75) is 13.8 Å². The SMILES string of the molecule is Cc1ccc(C)c(NC(=O)c2ccc(C(=O)O)o2)c1. The predicted octanol–water partition coefficient (Wildman–Crippen LogP) is 2.85. The summed E-state index contributed by atoms with van der Waals surface area (Å²) in [6.45, 7) is 3.80. The van der Waals surface area contributed by atoms with E-state index in [1.165, 1.54) is 12.1 Å². The van der Waals surface area contributed by atoms with E-state index < -0.39 is 11.9 Å². The van der Waals surface area contributed by atoms with Crippen LogP contribution in [0.2, 0.25) is 0 Å². The highest BCUT2D eigenvalue weighted by Crippen LogP contribution is 2.18. The van der Waals surface area contributed by atoms with E-state index in [2.05, 4.69) is 5.32 Å². The Morgan fingerprint density at radius 3 is 2.42 bits per heavy atom. The Hall–Kier alpha value is -2.56. The largest absolute Gasteiger partial charge is 0.475 e. The van der Waals surface area contributed by atoms with Gasteiger partial charge in [0, 0.05) is 5.69 Å². The third-order valence-corrected chi connectivity index (χ3v) is 2.68. The molecule has 1 amide bonds. The van der Waals surface area contributed by atoms with Crippen LogP contribution in [0.15, 0.2) is 34.7 Å². The van der Waals surface area contributed by atoms with Crippen molar-refractivity contribution in [1.29, 1.82) is 0 Å². The van der Waals surface area contributed by atoms with Crippen molar-refractivity contribution in [3.63, 3.8) is 0 Å². The monoisotopic (exact) mass is 259 g/mol. The van der Waals surface area contributed by atoms with E-state index >= 15 is 0 Å². The number of carboxylic acid groups (broad SMARTS) is 1. The smallest absolute Gasteiger partial charge is 0.371 e. The van der Waals surface area contributed by atoms with Crippen molar-refractivity contribution in [2.24, 2.45) is 0 Å². The van der Waals surface area contributed by atoms with Crippen LogP contribution in [-0.2, 0) is 0 Å². The molecule has 1 aromatic carbocycles. The summed E-state index contributed by atoms with van der Waals surface area (Å²) in [6, 6.07) is 8.27. The fraction of sp³-hybridized carbons (Fsp3) is 0.143. The standard InChI is InChI=1S/C14H13NO4/c1-8-3-4-9(2)10(7-8)15-13(16)11-5-6-12(19-11)14(17)18/h3-7H,1-2H3,(H,15,16)(H,17,18). The van der Waals surface area contributed by atoms with Crippen LogP contribution in [0.3, 0.4) is 0 Å². The minimum atomic E-state index is -1.20. The summed E-state index contributed by atoms with van der Waals surface area (Å²) in [4.78, 5) is 22.6. The first-order valence-electron chi connectivity index (χ1n) is 5.69. The number of carbonyl (C=O) groups is 2. The molecule has 5 heteroatoms. The fourth-order valence-electron chi connectivity index (χ4n) is 1.63. The van der Waals surface area contributed by atoms with Gasteiger partial charge in [0.05, 0.1) is 0 Å². The summed E-state index contributed by atoms with van der Waals surface area (Å²) in [6.07, 6.45) is 0. The third kappa shape index (κ3) is 2.82. The number of anilines is 1. The zero-order valence-corrected chi connectivity index (χ0v) is 10.6. The average Bonchev–Trinajstić information content (AvgIpc) is 2.83. The Balaban J connectivity index is 2.20. The lowest BCUT2D eigenvalue weighted by molar-refractivity contribution is 0.0660. The molecule has 0 aliphatic heterocycles. The molecule has 0 aliphatic carbocycles. The predicted molar refractivity (Wildman–Crippen MR) is 69.5 cm³/mol. The molecule has 0 bridgehead atoms. The van der Waals surface area contributed by atoms with Crippen LogP contribution in [0.5, 0.6) is 0 Å². The molecule has 0 atom stereocenters. The lowest BCUT2D eigenvalue weighted by Gasteiger charge is -2.07. The van der Waals surface area contributed by atoms with E-state index in [9.17, 15) is 9.59 Å². The van der Waals surface area contributed by atoms with Gasteiger partial charge in [-0.15, -0.1) is 0 Å². The normalized spacial score (nSPS) is 10.2. The van der Waals surface area contributed by atoms with Gasteiger partial charge in [0.2, 0.25) is 5.76 Å². The highest BCUT2D eigenvalue weighted by Gasteiger charge is 2.15. The van der Waals surface area contributed by atoms with Crippen molar-refractivity contribution in [3.05, 3.63) is 53.0 Å². The number of hydrogen-bond acceptors (Lipinski definition) is 3. The van der Waals surface area contributed by atoms with Gasteiger partial charge in [-0.1, -0.05) is 12.1 Å². The number of carboxylic acids is 1. The Labute approximate surface area is 109 Å². The summed E-state index contributed by atoms with van der Waals surface area (Å²) in [5, 5.41) is 11.4. The number of aryl methyl sites for hydroxylation is 2. The number of nitrogens with one attached hydrogen (secondary N) is 1. The molecule has 2 N–H and O–H groups in total. The summed E-state index contributed by atoms with van der Waals surface area (Å²) in [5.74, 6) is -1.96. The minimum Gasteiger partial charge on any atom is -0.475 e. The molecule has 0 fully saturated rings. The van der Waals surface area contributed by atoms with Gasteiger partial charge < -0.3 is 14.8 Å². The van der Waals surface area contributed by atoms with Crippen LogP contribution in [0.4, 0.5) is 5.69 Å². The molecule has 2 rings (SSSR count). The van der Waals surface area contributed by atoms with Gasteiger partial charge >= 0.3 is 5.97 Å².